The molecule has 0 spiro atoms. The molecule has 1 unspecified atom stereocenters. The molecule has 3 N–H and O–H groups in total. The monoisotopic (exact) mass is 353 g/mol. The zero-order valence-corrected chi connectivity index (χ0v) is 15.4. The molecule has 1 aliphatic rings. The van der Waals surface area contributed by atoms with Crippen molar-refractivity contribution in [2.75, 3.05) is 19.6 Å². The van der Waals surface area contributed by atoms with Gasteiger partial charge in [0.25, 0.3) is 5.91 Å². The van der Waals surface area contributed by atoms with E-state index < -0.39 is 10.0 Å². The van der Waals surface area contributed by atoms with Gasteiger partial charge >= 0.3 is 0 Å². The minimum atomic E-state index is -3.58. The Labute approximate surface area is 144 Å². The second-order valence-corrected chi connectivity index (χ2v) is 8.16. The second-order valence-electron chi connectivity index (χ2n) is 6.22. The third-order valence-corrected chi connectivity index (χ3v) is 6.60. The number of aryl methyl sites for hydroxylation is 1. The van der Waals surface area contributed by atoms with Crippen LogP contribution in [-0.2, 0) is 10.0 Å². The molecule has 0 bridgehead atoms. The van der Waals surface area contributed by atoms with E-state index in [-0.39, 0.29) is 16.8 Å². The molecule has 0 aliphatic heterocycles. The summed E-state index contributed by atoms with van der Waals surface area (Å²) in [6.07, 6.45) is 2.16. The van der Waals surface area contributed by atoms with Gasteiger partial charge in [0.15, 0.2) is 0 Å². The Morgan fingerprint density at radius 1 is 1.33 bits per heavy atom. The number of nitrogens with two attached hydrogens (primary N) is 1. The average molecular weight is 353 g/mol. The van der Waals surface area contributed by atoms with Gasteiger partial charge in [0, 0.05) is 31.2 Å². The van der Waals surface area contributed by atoms with Crippen molar-refractivity contribution in [1.82, 2.24) is 9.62 Å². The highest BCUT2D eigenvalue weighted by atomic mass is 32.2. The first-order valence-electron chi connectivity index (χ1n) is 8.46. The molecule has 0 radical (unpaired) electrons. The molecule has 0 heterocycles. The van der Waals surface area contributed by atoms with Crippen molar-refractivity contribution in [3.05, 3.63) is 29.3 Å². The lowest BCUT2D eigenvalue weighted by Gasteiger charge is -2.20. The highest BCUT2D eigenvalue weighted by Gasteiger charge is 2.32. The fourth-order valence-corrected chi connectivity index (χ4v) is 4.32. The molecule has 6 nitrogen and oxygen atoms in total. The van der Waals surface area contributed by atoms with Crippen LogP contribution in [0.25, 0.3) is 0 Å². The van der Waals surface area contributed by atoms with Gasteiger partial charge in [0.1, 0.15) is 0 Å². The molecule has 134 valence electrons. The number of amides is 1. The maximum Gasteiger partial charge on any atom is 0.251 e. The minimum Gasteiger partial charge on any atom is -0.348 e. The number of hydrogen-bond acceptors (Lipinski definition) is 4. The summed E-state index contributed by atoms with van der Waals surface area (Å²) < 4.78 is 26.7. The van der Waals surface area contributed by atoms with Gasteiger partial charge in [0.05, 0.1) is 4.90 Å². The third kappa shape index (κ3) is 3.96. The normalized spacial score (nSPS) is 16.2. The van der Waals surface area contributed by atoms with Crippen molar-refractivity contribution in [1.29, 1.82) is 0 Å². The fraction of sp³-hybridized carbons (Fsp3) is 0.588. The molecule has 1 aromatic rings. The lowest BCUT2D eigenvalue weighted by atomic mass is 10.1. The van der Waals surface area contributed by atoms with Crippen LogP contribution in [-0.4, -0.2) is 44.3 Å². The second kappa shape index (κ2) is 7.63. The van der Waals surface area contributed by atoms with E-state index in [4.69, 9.17) is 5.73 Å². The van der Waals surface area contributed by atoms with Gasteiger partial charge in [-0.15, -0.1) is 0 Å². The zero-order valence-electron chi connectivity index (χ0n) is 14.6. The Balaban J connectivity index is 2.29. The van der Waals surface area contributed by atoms with Gasteiger partial charge in [-0.3, -0.25) is 4.79 Å². The Hall–Kier alpha value is -1.44. The van der Waals surface area contributed by atoms with Gasteiger partial charge in [-0.05, 0) is 43.4 Å². The first kappa shape index (κ1) is 18.9. The van der Waals surface area contributed by atoms with E-state index in [0.717, 1.165) is 18.4 Å². The standard InChI is InChI=1S/C17H27N3O3S/c1-4-20(5-2)24(22,23)14-9-6-12(3)15(10-14)17(21)19-16(11-18)13-7-8-13/h6,9-10,13,16H,4-5,7-8,11,18H2,1-3H3,(H,19,21). The Morgan fingerprint density at radius 3 is 2.46 bits per heavy atom. The minimum absolute atomic E-state index is 0.0417. The summed E-state index contributed by atoms with van der Waals surface area (Å²) in [6.45, 7) is 6.58. The van der Waals surface area contributed by atoms with E-state index in [1.165, 1.54) is 10.4 Å². The molecule has 1 amide bonds. The van der Waals surface area contributed by atoms with E-state index in [1.807, 2.05) is 0 Å². The fourth-order valence-electron chi connectivity index (χ4n) is 2.83. The largest absolute Gasteiger partial charge is 0.348 e. The molecular formula is C17H27N3O3S. The molecule has 1 fully saturated rings. The van der Waals surface area contributed by atoms with E-state index in [9.17, 15) is 13.2 Å². The van der Waals surface area contributed by atoms with Crippen LogP contribution in [0.15, 0.2) is 23.1 Å². The third-order valence-electron chi connectivity index (χ3n) is 4.56. The van der Waals surface area contributed by atoms with Gasteiger partial charge in [-0.1, -0.05) is 19.9 Å². The SMILES string of the molecule is CCN(CC)S(=O)(=O)c1ccc(C)c(C(=O)NC(CN)C2CC2)c1. The van der Waals surface area contributed by atoms with Crippen LogP contribution in [0.5, 0.6) is 0 Å². The summed E-state index contributed by atoms with van der Waals surface area (Å²) in [6, 6.07) is 4.67. The molecule has 24 heavy (non-hydrogen) atoms. The molecule has 2 rings (SSSR count). The smallest absolute Gasteiger partial charge is 0.251 e. The number of carbonyl (C=O) groups is 1. The van der Waals surface area contributed by atoms with Crippen molar-refractivity contribution in [3.63, 3.8) is 0 Å². The van der Waals surface area contributed by atoms with Crippen LogP contribution in [0.3, 0.4) is 0 Å². The number of hydrogen-bond donors (Lipinski definition) is 2. The van der Waals surface area contributed by atoms with Crippen molar-refractivity contribution in [2.24, 2.45) is 11.7 Å². The quantitative estimate of drug-likeness (QED) is 0.740. The Bertz CT molecular complexity index is 695. The van der Waals surface area contributed by atoms with Crippen molar-refractivity contribution in [3.8, 4) is 0 Å². The van der Waals surface area contributed by atoms with Crippen LogP contribution in [0, 0.1) is 12.8 Å². The van der Waals surface area contributed by atoms with Crippen LogP contribution >= 0.6 is 0 Å². The highest BCUT2D eigenvalue weighted by Crippen LogP contribution is 2.32. The molecule has 1 atom stereocenters. The highest BCUT2D eigenvalue weighted by molar-refractivity contribution is 7.89. The molecule has 0 aromatic heterocycles. The van der Waals surface area contributed by atoms with Gasteiger partial charge in [0.2, 0.25) is 10.0 Å². The van der Waals surface area contributed by atoms with Crippen LogP contribution in [0.4, 0.5) is 0 Å². The summed E-state index contributed by atoms with van der Waals surface area (Å²) >= 11 is 0. The molecular weight excluding hydrogens is 326 g/mol. The number of carbonyl (C=O) groups excluding carboxylic acids is 1. The summed E-state index contributed by atoms with van der Waals surface area (Å²) in [5.74, 6) is 0.188. The first-order valence-corrected chi connectivity index (χ1v) is 9.90. The summed E-state index contributed by atoms with van der Waals surface area (Å²) in [5, 5.41) is 2.95. The maximum atomic E-state index is 12.7. The molecule has 1 saturated carbocycles. The van der Waals surface area contributed by atoms with E-state index >= 15 is 0 Å². The number of sulfonamides is 1. The summed E-state index contributed by atoms with van der Waals surface area (Å²) in [5.41, 5.74) is 6.87. The number of benzene rings is 1. The van der Waals surface area contributed by atoms with Gasteiger partial charge in [-0.25, -0.2) is 8.42 Å². The summed E-state index contributed by atoms with van der Waals surface area (Å²) in [7, 11) is -3.58. The lowest BCUT2D eigenvalue weighted by molar-refractivity contribution is 0.0932. The van der Waals surface area contributed by atoms with Gasteiger partial charge < -0.3 is 11.1 Å². The topological polar surface area (TPSA) is 92.5 Å². The predicted molar refractivity (Wildman–Crippen MR) is 94.3 cm³/mol. The molecule has 1 aliphatic carbocycles. The molecule has 7 heteroatoms. The van der Waals surface area contributed by atoms with Crippen molar-refractivity contribution >= 4 is 15.9 Å². The van der Waals surface area contributed by atoms with Crippen molar-refractivity contribution in [2.45, 2.75) is 44.6 Å². The van der Waals surface area contributed by atoms with E-state index in [1.54, 1.807) is 32.9 Å². The van der Waals surface area contributed by atoms with Crippen molar-refractivity contribution < 1.29 is 13.2 Å². The number of nitrogens with one attached hydrogen (secondary N) is 1. The average Bonchev–Trinajstić information content (AvgIpc) is 3.38. The maximum absolute atomic E-state index is 12.7. The van der Waals surface area contributed by atoms with E-state index in [2.05, 4.69) is 5.32 Å². The summed E-state index contributed by atoms with van der Waals surface area (Å²) in [4.78, 5) is 12.7. The lowest BCUT2D eigenvalue weighted by Crippen LogP contribution is -2.42. The first-order chi connectivity index (χ1) is 11.3. The predicted octanol–water partition coefficient (Wildman–Crippen LogP) is 1.49. The Kier molecular flexibility index (Phi) is 6.01. The number of rotatable bonds is 8. The number of nitrogens with zero attached hydrogens (tertiary/aromatic N) is 1. The zero-order chi connectivity index (χ0) is 17.9. The van der Waals surface area contributed by atoms with E-state index in [0.29, 0.717) is 31.1 Å². The molecule has 1 aromatic carbocycles. The van der Waals surface area contributed by atoms with Gasteiger partial charge in [-0.2, -0.15) is 4.31 Å². The van der Waals surface area contributed by atoms with Crippen LogP contribution in [0.2, 0.25) is 0 Å². The van der Waals surface area contributed by atoms with Crippen LogP contribution < -0.4 is 11.1 Å². The Morgan fingerprint density at radius 2 is 1.96 bits per heavy atom. The molecule has 0 saturated heterocycles. The van der Waals surface area contributed by atoms with Crippen LogP contribution in [0.1, 0.15) is 42.6 Å².